The zero-order valence-electron chi connectivity index (χ0n) is 17.2. The average Bonchev–Trinajstić information content (AvgIpc) is 3.58. The molecule has 0 spiro atoms. The molecule has 1 saturated carbocycles. The van der Waals surface area contributed by atoms with Crippen LogP contribution in [0.4, 0.5) is 8.78 Å². The number of nitrogens with zero attached hydrogens (tertiary/aromatic N) is 2. The highest BCUT2D eigenvalue weighted by Crippen LogP contribution is 2.50. The molecule has 3 rings (SSSR count). The van der Waals surface area contributed by atoms with Gasteiger partial charge in [-0.05, 0) is 80.8 Å². The molecule has 0 radical (unpaired) electrons. The van der Waals surface area contributed by atoms with Gasteiger partial charge in [0.1, 0.15) is 0 Å². The molecule has 0 aliphatic heterocycles. The molecular formula is C25H30F2N2. The van der Waals surface area contributed by atoms with Crippen molar-refractivity contribution in [2.45, 2.75) is 50.9 Å². The zero-order chi connectivity index (χ0) is 20.7. The van der Waals surface area contributed by atoms with Crippen LogP contribution in [-0.4, -0.2) is 24.5 Å². The monoisotopic (exact) mass is 396 g/mol. The number of nitriles is 1. The van der Waals surface area contributed by atoms with Gasteiger partial charge in [0.05, 0.1) is 11.5 Å². The summed E-state index contributed by atoms with van der Waals surface area (Å²) in [5, 5.41) is 10.0. The topological polar surface area (TPSA) is 27.0 Å². The third-order valence-corrected chi connectivity index (χ3v) is 6.05. The van der Waals surface area contributed by atoms with E-state index in [4.69, 9.17) is 0 Å². The quantitative estimate of drug-likeness (QED) is 0.475. The summed E-state index contributed by atoms with van der Waals surface area (Å²) < 4.78 is 27.3. The molecule has 2 aromatic rings. The van der Waals surface area contributed by atoms with E-state index in [1.165, 1.54) is 11.6 Å². The third kappa shape index (κ3) is 5.42. The molecule has 2 nitrogen and oxygen atoms in total. The maximum absolute atomic E-state index is 13.8. The number of rotatable bonds is 11. The molecule has 0 N–H and O–H groups in total. The Kier molecular flexibility index (Phi) is 7.39. The first-order valence-electron chi connectivity index (χ1n) is 10.7. The highest BCUT2D eigenvalue weighted by atomic mass is 19.2. The lowest BCUT2D eigenvalue weighted by molar-refractivity contribution is 0.260. The van der Waals surface area contributed by atoms with Crippen LogP contribution in [0.15, 0.2) is 48.5 Å². The molecule has 1 aliphatic carbocycles. The highest BCUT2D eigenvalue weighted by Gasteiger charge is 2.46. The minimum atomic E-state index is -0.863. The summed E-state index contributed by atoms with van der Waals surface area (Å²) in [7, 11) is 0. The number of hydrogen-bond donors (Lipinski definition) is 0. The van der Waals surface area contributed by atoms with Crippen LogP contribution in [-0.2, 0) is 11.8 Å². The van der Waals surface area contributed by atoms with Crippen LogP contribution in [0.25, 0.3) is 0 Å². The molecule has 29 heavy (non-hydrogen) atoms. The first-order valence-corrected chi connectivity index (χ1v) is 10.7. The molecular weight excluding hydrogens is 366 g/mol. The standard InChI is InChI=1S/C25H30F2N2/c1-2-15-29(17-13-20-7-4-3-5-8-20)16-6-14-25(19-28,21-9-10-21)22-11-12-23(26)24(27)18-22/h3-5,7-8,11-12,18,21H,2,6,9-10,13-17H2,1H3. The van der Waals surface area contributed by atoms with E-state index < -0.39 is 17.0 Å². The second-order valence-corrected chi connectivity index (χ2v) is 8.17. The highest BCUT2D eigenvalue weighted by molar-refractivity contribution is 5.36. The van der Waals surface area contributed by atoms with Gasteiger partial charge in [-0.2, -0.15) is 5.26 Å². The van der Waals surface area contributed by atoms with E-state index in [2.05, 4.69) is 42.2 Å². The van der Waals surface area contributed by atoms with Gasteiger partial charge in [0, 0.05) is 6.54 Å². The largest absolute Gasteiger partial charge is 0.303 e. The first-order chi connectivity index (χ1) is 14.1. The Hall–Kier alpha value is -2.25. The molecule has 1 fully saturated rings. The summed E-state index contributed by atoms with van der Waals surface area (Å²) in [6, 6.07) is 17.0. The van der Waals surface area contributed by atoms with Crippen LogP contribution in [0.3, 0.4) is 0 Å². The predicted octanol–water partition coefficient (Wildman–Crippen LogP) is 5.87. The van der Waals surface area contributed by atoms with Crippen LogP contribution in [0.2, 0.25) is 0 Å². The lowest BCUT2D eigenvalue weighted by atomic mass is 9.73. The summed E-state index contributed by atoms with van der Waals surface area (Å²) in [6.45, 7) is 5.12. The Morgan fingerprint density at radius 3 is 2.41 bits per heavy atom. The molecule has 0 amide bonds. The molecule has 0 heterocycles. The summed E-state index contributed by atoms with van der Waals surface area (Å²) in [5.74, 6) is -1.47. The van der Waals surface area contributed by atoms with Gasteiger partial charge < -0.3 is 4.90 Å². The van der Waals surface area contributed by atoms with Crippen molar-refractivity contribution in [3.8, 4) is 6.07 Å². The normalized spacial score (nSPS) is 15.8. The van der Waals surface area contributed by atoms with E-state index in [0.717, 1.165) is 57.8 Å². The van der Waals surface area contributed by atoms with Crippen LogP contribution in [0.5, 0.6) is 0 Å². The van der Waals surface area contributed by atoms with Crippen molar-refractivity contribution in [2.24, 2.45) is 5.92 Å². The Labute approximate surface area is 173 Å². The molecule has 0 bridgehead atoms. The van der Waals surface area contributed by atoms with Crippen molar-refractivity contribution in [3.63, 3.8) is 0 Å². The van der Waals surface area contributed by atoms with Gasteiger partial charge >= 0.3 is 0 Å². The van der Waals surface area contributed by atoms with Gasteiger partial charge in [0.2, 0.25) is 0 Å². The minimum absolute atomic E-state index is 0.251. The summed E-state index contributed by atoms with van der Waals surface area (Å²) in [5.41, 5.74) is 1.26. The molecule has 2 aromatic carbocycles. The van der Waals surface area contributed by atoms with Crippen molar-refractivity contribution in [1.29, 1.82) is 5.26 Å². The van der Waals surface area contributed by atoms with E-state index >= 15 is 0 Å². The van der Waals surface area contributed by atoms with E-state index in [1.807, 2.05) is 6.07 Å². The fourth-order valence-electron chi connectivity index (χ4n) is 4.31. The molecule has 0 saturated heterocycles. The van der Waals surface area contributed by atoms with E-state index in [-0.39, 0.29) is 5.92 Å². The molecule has 0 aromatic heterocycles. The molecule has 1 atom stereocenters. The maximum atomic E-state index is 13.8. The smallest absolute Gasteiger partial charge is 0.159 e. The summed E-state index contributed by atoms with van der Waals surface area (Å²) >= 11 is 0. The van der Waals surface area contributed by atoms with E-state index in [0.29, 0.717) is 12.0 Å². The fraction of sp³-hybridized carbons (Fsp3) is 0.480. The molecule has 1 aliphatic rings. The molecule has 154 valence electrons. The number of hydrogen-bond acceptors (Lipinski definition) is 2. The fourth-order valence-corrected chi connectivity index (χ4v) is 4.31. The van der Waals surface area contributed by atoms with Gasteiger partial charge in [-0.3, -0.25) is 0 Å². The van der Waals surface area contributed by atoms with Gasteiger partial charge in [-0.15, -0.1) is 0 Å². The van der Waals surface area contributed by atoms with Crippen LogP contribution in [0.1, 0.15) is 50.2 Å². The second-order valence-electron chi connectivity index (χ2n) is 8.17. The predicted molar refractivity (Wildman–Crippen MR) is 112 cm³/mol. The second kappa shape index (κ2) is 9.98. The van der Waals surface area contributed by atoms with Crippen LogP contribution in [0, 0.1) is 28.9 Å². The van der Waals surface area contributed by atoms with Crippen LogP contribution >= 0.6 is 0 Å². The zero-order valence-corrected chi connectivity index (χ0v) is 17.2. The van der Waals surface area contributed by atoms with Crippen molar-refractivity contribution in [1.82, 2.24) is 4.90 Å². The van der Waals surface area contributed by atoms with Crippen molar-refractivity contribution < 1.29 is 8.78 Å². The molecule has 4 heteroatoms. The van der Waals surface area contributed by atoms with Crippen molar-refractivity contribution >= 4 is 0 Å². The van der Waals surface area contributed by atoms with Gasteiger partial charge in [-0.1, -0.05) is 43.3 Å². The SMILES string of the molecule is CCCN(CCCC(C#N)(c1ccc(F)c(F)c1)C1CC1)CCc1ccccc1. The van der Waals surface area contributed by atoms with Gasteiger partial charge in [0.25, 0.3) is 0 Å². The number of halogens is 2. The minimum Gasteiger partial charge on any atom is -0.303 e. The molecule has 1 unspecified atom stereocenters. The Morgan fingerprint density at radius 1 is 1.03 bits per heavy atom. The Balaban J connectivity index is 1.63. The van der Waals surface area contributed by atoms with Crippen molar-refractivity contribution in [3.05, 3.63) is 71.3 Å². The van der Waals surface area contributed by atoms with Crippen LogP contribution < -0.4 is 0 Å². The lowest BCUT2D eigenvalue weighted by Gasteiger charge is -2.29. The van der Waals surface area contributed by atoms with Gasteiger partial charge in [-0.25, -0.2) is 8.78 Å². The summed E-state index contributed by atoms with van der Waals surface area (Å²) in [6.07, 6.45) is 5.63. The van der Waals surface area contributed by atoms with E-state index in [1.54, 1.807) is 6.07 Å². The van der Waals surface area contributed by atoms with Crippen molar-refractivity contribution in [2.75, 3.05) is 19.6 Å². The maximum Gasteiger partial charge on any atom is 0.159 e. The van der Waals surface area contributed by atoms with Gasteiger partial charge in [0.15, 0.2) is 11.6 Å². The number of benzene rings is 2. The Morgan fingerprint density at radius 2 is 1.79 bits per heavy atom. The average molecular weight is 397 g/mol. The lowest BCUT2D eigenvalue weighted by Crippen LogP contribution is -2.32. The first kappa shape index (κ1) is 21.5. The Bertz CT molecular complexity index is 826. The summed E-state index contributed by atoms with van der Waals surface area (Å²) in [4.78, 5) is 2.45. The third-order valence-electron chi connectivity index (χ3n) is 6.05. The van der Waals surface area contributed by atoms with E-state index in [9.17, 15) is 14.0 Å².